The minimum Gasteiger partial charge on any atom is -0.395 e. The third-order valence-corrected chi connectivity index (χ3v) is 4.18. The van der Waals surface area contributed by atoms with Crippen LogP contribution in [0.4, 0.5) is 18.9 Å². The molecule has 2 rings (SSSR count). The molecule has 2 amide bonds. The molecule has 2 atom stereocenters. The number of aliphatic hydroxyl groups is 1. The second kappa shape index (κ2) is 7.83. The number of β-amino-alcohol motifs (C(OH)–C–C–N with tert-alkyl or cyclic N) is 1. The Morgan fingerprint density at radius 2 is 1.68 bits per heavy atom. The Balaban J connectivity index is 2.04. The van der Waals surface area contributed by atoms with Crippen molar-refractivity contribution in [3.8, 4) is 0 Å². The number of benzene rings is 1. The van der Waals surface area contributed by atoms with E-state index in [1.54, 1.807) is 0 Å². The summed E-state index contributed by atoms with van der Waals surface area (Å²) in [5.74, 6) is -6.45. The van der Waals surface area contributed by atoms with Gasteiger partial charge in [0.25, 0.3) is 0 Å². The predicted octanol–water partition coefficient (Wildman–Crippen LogP) is 0.956. The first-order chi connectivity index (χ1) is 11.7. The van der Waals surface area contributed by atoms with Gasteiger partial charge in [0.15, 0.2) is 17.5 Å². The van der Waals surface area contributed by atoms with E-state index in [2.05, 4.69) is 5.32 Å². The number of hydrogen-bond acceptors (Lipinski definition) is 4. The van der Waals surface area contributed by atoms with E-state index in [0.29, 0.717) is 18.7 Å². The maximum atomic E-state index is 13.2. The Labute approximate surface area is 143 Å². The first-order valence-electron chi connectivity index (χ1n) is 7.86. The van der Waals surface area contributed by atoms with Crippen molar-refractivity contribution in [3.63, 3.8) is 0 Å². The molecule has 1 saturated heterocycles. The molecule has 1 fully saturated rings. The zero-order valence-corrected chi connectivity index (χ0v) is 13.9. The molecule has 1 aliphatic rings. The zero-order chi connectivity index (χ0) is 18.7. The van der Waals surface area contributed by atoms with Crippen LogP contribution in [0.3, 0.4) is 0 Å². The fourth-order valence-corrected chi connectivity index (χ4v) is 3.03. The topological polar surface area (TPSA) is 72.9 Å². The second-order valence-electron chi connectivity index (χ2n) is 6.08. The molecular formula is C16H20F3N3O3. The summed E-state index contributed by atoms with van der Waals surface area (Å²) in [4.78, 5) is 27.7. The molecule has 0 spiro atoms. The number of rotatable bonds is 3. The van der Waals surface area contributed by atoms with Gasteiger partial charge in [0, 0.05) is 49.5 Å². The predicted molar refractivity (Wildman–Crippen MR) is 84.2 cm³/mol. The van der Waals surface area contributed by atoms with Gasteiger partial charge in [-0.3, -0.25) is 14.5 Å². The van der Waals surface area contributed by atoms with Crippen molar-refractivity contribution in [1.29, 1.82) is 0 Å². The number of aliphatic hydroxyl groups excluding tert-OH is 1. The first kappa shape index (κ1) is 19.2. The average Bonchev–Trinajstić information content (AvgIpc) is 2.54. The number of carbonyl (C=O) groups is 2. The average molecular weight is 359 g/mol. The number of halogens is 3. The second-order valence-corrected chi connectivity index (χ2v) is 6.08. The molecular weight excluding hydrogens is 339 g/mol. The smallest absolute Gasteiger partial charge is 0.313 e. The van der Waals surface area contributed by atoms with Crippen molar-refractivity contribution in [3.05, 3.63) is 29.6 Å². The largest absolute Gasteiger partial charge is 0.395 e. The summed E-state index contributed by atoms with van der Waals surface area (Å²) in [5, 5.41) is 11.2. The molecule has 25 heavy (non-hydrogen) atoms. The van der Waals surface area contributed by atoms with E-state index in [1.165, 1.54) is 4.90 Å². The summed E-state index contributed by atoms with van der Waals surface area (Å²) >= 11 is 0. The number of carbonyl (C=O) groups excluding carboxylic acids is 2. The van der Waals surface area contributed by atoms with Gasteiger partial charge in [-0.15, -0.1) is 0 Å². The molecule has 1 heterocycles. The van der Waals surface area contributed by atoms with E-state index in [1.807, 2.05) is 18.7 Å². The third kappa shape index (κ3) is 4.29. The van der Waals surface area contributed by atoms with Crippen LogP contribution in [0.1, 0.15) is 13.8 Å². The molecule has 1 aromatic rings. The highest BCUT2D eigenvalue weighted by atomic mass is 19.2. The maximum Gasteiger partial charge on any atom is 0.313 e. The van der Waals surface area contributed by atoms with E-state index < -0.39 is 29.3 Å². The number of nitrogens with zero attached hydrogens (tertiary/aromatic N) is 2. The van der Waals surface area contributed by atoms with Crippen LogP contribution < -0.4 is 5.32 Å². The molecule has 0 saturated carbocycles. The molecule has 138 valence electrons. The molecule has 9 heteroatoms. The lowest BCUT2D eigenvalue weighted by molar-refractivity contribution is -0.146. The van der Waals surface area contributed by atoms with Gasteiger partial charge in [-0.05, 0) is 13.8 Å². The van der Waals surface area contributed by atoms with Crippen LogP contribution >= 0.6 is 0 Å². The maximum absolute atomic E-state index is 13.2. The Bertz CT molecular complexity index is 636. The molecule has 0 bridgehead atoms. The zero-order valence-electron chi connectivity index (χ0n) is 13.9. The lowest BCUT2D eigenvalue weighted by atomic mass is 10.1. The molecule has 6 nitrogen and oxygen atoms in total. The van der Waals surface area contributed by atoms with Gasteiger partial charge < -0.3 is 15.3 Å². The minimum absolute atomic E-state index is 0.00912. The highest BCUT2D eigenvalue weighted by Crippen LogP contribution is 2.19. The Morgan fingerprint density at radius 3 is 2.16 bits per heavy atom. The fourth-order valence-electron chi connectivity index (χ4n) is 3.03. The van der Waals surface area contributed by atoms with Gasteiger partial charge in [-0.2, -0.15) is 0 Å². The summed E-state index contributed by atoms with van der Waals surface area (Å²) < 4.78 is 39.3. The van der Waals surface area contributed by atoms with E-state index >= 15 is 0 Å². The van der Waals surface area contributed by atoms with Gasteiger partial charge in [0.1, 0.15) is 0 Å². The number of amides is 2. The number of nitrogens with one attached hydrogen (secondary N) is 1. The lowest BCUT2D eigenvalue weighted by Crippen LogP contribution is -2.59. The third-order valence-electron chi connectivity index (χ3n) is 4.18. The number of hydrogen-bond donors (Lipinski definition) is 2. The van der Waals surface area contributed by atoms with Crippen LogP contribution in [0.5, 0.6) is 0 Å². The van der Waals surface area contributed by atoms with Gasteiger partial charge >= 0.3 is 11.8 Å². The van der Waals surface area contributed by atoms with Gasteiger partial charge in [0.2, 0.25) is 0 Å². The van der Waals surface area contributed by atoms with E-state index in [9.17, 15) is 22.8 Å². The molecule has 1 aromatic carbocycles. The van der Waals surface area contributed by atoms with Gasteiger partial charge in [0.05, 0.1) is 6.61 Å². The summed E-state index contributed by atoms with van der Waals surface area (Å²) in [7, 11) is 0. The van der Waals surface area contributed by atoms with Crippen LogP contribution in [0.15, 0.2) is 12.1 Å². The van der Waals surface area contributed by atoms with Crippen molar-refractivity contribution in [1.82, 2.24) is 9.80 Å². The minimum atomic E-state index is -1.65. The van der Waals surface area contributed by atoms with Crippen molar-refractivity contribution >= 4 is 17.5 Å². The molecule has 0 aromatic heterocycles. The summed E-state index contributed by atoms with van der Waals surface area (Å²) in [6, 6.07) is 1.09. The number of anilines is 1. The van der Waals surface area contributed by atoms with Crippen LogP contribution in [0.2, 0.25) is 0 Å². The quantitative estimate of drug-likeness (QED) is 0.623. The van der Waals surface area contributed by atoms with Crippen molar-refractivity contribution in [2.24, 2.45) is 0 Å². The van der Waals surface area contributed by atoms with E-state index in [0.717, 1.165) is 0 Å². The highest BCUT2D eigenvalue weighted by molar-refractivity contribution is 6.39. The molecule has 1 aliphatic heterocycles. The lowest BCUT2D eigenvalue weighted by Gasteiger charge is -2.43. The van der Waals surface area contributed by atoms with Crippen LogP contribution in [-0.4, -0.2) is 65.0 Å². The standard InChI is InChI=1S/C16H20F3N3O3/c1-9-7-21(8-10(2)22(9)3-4-23)16(25)15(24)20-11-5-12(17)14(19)13(18)6-11/h5-6,9-10,23H,3-4,7-8H2,1-2H3,(H,20,24)/t9-,10+. The van der Waals surface area contributed by atoms with Crippen molar-refractivity contribution < 1.29 is 27.9 Å². The monoisotopic (exact) mass is 359 g/mol. The SMILES string of the molecule is C[C@@H]1CN(C(=O)C(=O)Nc2cc(F)c(F)c(F)c2)C[C@H](C)N1CCO. The van der Waals surface area contributed by atoms with E-state index in [-0.39, 0.29) is 37.5 Å². The number of piperazine rings is 1. The molecule has 0 aliphatic carbocycles. The Hall–Kier alpha value is -2.13. The summed E-state index contributed by atoms with van der Waals surface area (Å²) in [6.07, 6.45) is 0. The fraction of sp³-hybridized carbons (Fsp3) is 0.500. The van der Waals surface area contributed by atoms with Crippen molar-refractivity contribution in [2.45, 2.75) is 25.9 Å². The van der Waals surface area contributed by atoms with Crippen LogP contribution in [0.25, 0.3) is 0 Å². The Kier molecular flexibility index (Phi) is 6.02. The normalized spacial score (nSPS) is 21.3. The molecule has 0 unspecified atom stereocenters. The first-order valence-corrected chi connectivity index (χ1v) is 7.86. The van der Waals surface area contributed by atoms with Crippen LogP contribution in [-0.2, 0) is 9.59 Å². The van der Waals surface area contributed by atoms with Gasteiger partial charge in [-0.1, -0.05) is 0 Å². The van der Waals surface area contributed by atoms with Crippen LogP contribution in [0, 0.1) is 17.5 Å². The van der Waals surface area contributed by atoms with E-state index in [4.69, 9.17) is 5.11 Å². The summed E-state index contributed by atoms with van der Waals surface area (Å²) in [6.45, 7) is 4.75. The van der Waals surface area contributed by atoms with Gasteiger partial charge in [-0.25, -0.2) is 13.2 Å². The van der Waals surface area contributed by atoms with Crippen molar-refractivity contribution in [2.75, 3.05) is 31.6 Å². The Morgan fingerprint density at radius 1 is 1.16 bits per heavy atom. The summed E-state index contributed by atoms with van der Waals surface area (Å²) in [5.41, 5.74) is -0.338. The molecule has 0 radical (unpaired) electrons. The molecule has 2 N–H and O–H groups in total. The highest BCUT2D eigenvalue weighted by Gasteiger charge is 2.33.